The molecule has 0 aliphatic carbocycles. The lowest BCUT2D eigenvalue weighted by atomic mass is 10.0. The van der Waals surface area contributed by atoms with Crippen LogP contribution < -0.4 is 4.72 Å². The summed E-state index contributed by atoms with van der Waals surface area (Å²) in [6.07, 6.45) is -4.85. The van der Waals surface area contributed by atoms with E-state index in [1.54, 1.807) is 36.4 Å². The predicted octanol–water partition coefficient (Wildman–Crippen LogP) is 5.00. The molecule has 0 unspecified atom stereocenters. The van der Waals surface area contributed by atoms with Crippen molar-refractivity contribution in [2.45, 2.75) is 23.5 Å². The minimum absolute atomic E-state index is 0.145. The summed E-state index contributed by atoms with van der Waals surface area (Å²) in [5.74, 6) is -1.45. The van der Waals surface area contributed by atoms with E-state index in [0.717, 1.165) is 35.4 Å². The summed E-state index contributed by atoms with van der Waals surface area (Å²) in [5.41, 5.74) is 0.915. The van der Waals surface area contributed by atoms with Gasteiger partial charge in [-0.1, -0.05) is 48.0 Å². The highest BCUT2D eigenvalue weighted by Gasteiger charge is 2.30. The molecular weight excluding hydrogens is 467 g/mol. The summed E-state index contributed by atoms with van der Waals surface area (Å²) in [4.78, 5) is 11.4. The number of benzene rings is 3. The van der Waals surface area contributed by atoms with E-state index in [0.29, 0.717) is 5.02 Å². The summed E-state index contributed by atoms with van der Waals surface area (Å²) >= 11 is 5.86. The molecular formula is C22H17ClF3NO4S. The van der Waals surface area contributed by atoms with Crippen molar-refractivity contribution in [3.05, 3.63) is 88.9 Å². The van der Waals surface area contributed by atoms with Crippen molar-refractivity contribution in [1.82, 2.24) is 4.72 Å². The first-order valence-corrected chi connectivity index (χ1v) is 11.1. The van der Waals surface area contributed by atoms with E-state index in [-0.39, 0.29) is 16.9 Å². The minimum Gasteiger partial charge on any atom is -0.480 e. The van der Waals surface area contributed by atoms with Gasteiger partial charge in [-0.2, -0.15) is 17.9 Å². The molecule has 0 aromatic heterocycles. The summed E-state index contributed by atoms with van der Waals surface area (Å²) in [6.45, 7) is 0. The van der Waals surface area contributed by atoms with E-state index in [2.05, 4.69) is 4.72 Å². The lowest BCUT2D eigenvalue weighted by molar-refractivity contribution is -0.139. The fourth-order valence-corrected chi connectivity index (χ4v) is 4.28. The molecule has 0 saturated carbocycles. The standard InChI is InChI=1S/C22H17ClF3NO4S/c23-18-9-3-15(4-10-18)16-5-11-19(12-6-16)32(30,31)27-20(21(28)29)13-14-1-7-17(8-2-14)22(24,25)26/h1-12,20,27H,13H2,(H,28,29)/t20-/m1/s1. The molecule has 0 aliphatic rings. The number of aliphatic carboxylic acids is 1. The number of carbonyl (C=O) groups is 1. The number of carboxylic acids is 1. The Bertz CT molecular complexity index is 1190. The predicted molar refractivity (Wildman–Crippen MR) is 114 cm³/mol. The number of alkyl halides is 3. The Kier molecular flexibility index (Phi) is 6.92. The summed E-state index contributed by atoms with van der Waals surface area (Å²) in [6, 6.07) is 15.1. The van der Waals surface area contributed by atoms with Crippen molar-refractivity contribution in [3.63, 3.8) is 0 Å². The zero-order valence-electron chi connectivity index (χ0n) is 16.3. The van der Waals surface area contributed by atoms with Crippen LogP contribution in [0.1, 0.15) is 11.1 Å². The van der Waals surface area contributed by atoms with Gasteiger partial charge in [0.1, 0.15) is 6.04 Å². The third-order valence-electron chi connectivity index (χ3n) is 4.66. The molecule has 0 radical (unpaired) electrons. The van der Waals surface area contributed by atoms with E-state index in [1.807, 2.05) is 0 Å². The molecule has 0 heterocycles. The van der Waals surface area contributed by atoms with Crippen LogP contribution in [0.15, 0.2) is 77.7 Å². The molecule has 1 atom stereocenters. The van der Waals surface area contributed by atoms with Crippen molar-refractivity contribution in [2.24, 2.45) is 0 Å². The van der Waals surface area contributed by atoms with Crippen LogP contribution in [-0.4, -0.2) is 25.5 Å². The Morgan fingerprint density at radius 3 is 1.88 bits per heavy atom. The second-order valence-corrected chi connectivity index (χ2v) is 9.09. The Labute approximate surface area is 187 Å². The lowest BCUT2D eigenvalue weighted by Crippen LogP contribution is -2.42. The molecule has 10 heteroatoms. The SMILES string of the molecule is O=C(O)[C@@H](Cc1ccc(C(F)(F)F)cc1)NS(=O)(=O)c1ccc(-c2ccc(Cl)cc2)cc1. The number of hydrogen-bond donors (Lipinski definition) is 2. The van der Waals surface area contributed by atoms with Crippen LogP contribution in [0.3, 0.4) is 0 Å². The molecule has 0 spiro atoms. The monoisotopic (exact) mass is 483 g/mol. The molecule has 0 saturated heterocycles. The normalized spacial score (nSPS) is 13.0. The van der Waals surface area contributed by atoms with Gasteiger partial charge in [0.25, 0.3) is 0 Å². The highest BCUT2D eigenvalue weighted by molar-refractivity contribution is 7.89. The highest BCUT2D eigenvalue weighted by Crippen LogP contribution is 2.29. The van der Waals surface area contributed by atoms with Gasteiger partial charge in [-0.05, 0) is 59.5 Å². The molecule has 0 bridgehead atoms. The molecule has 3 aromatic carbocycles. The van der Waals surface area contributed by atoms with Gasteiger partial charge in [-0.25, -0.2) is 8.42 Å². The average molecular weight is 484 g/mol. The quantitative estimate of drug-likeness (QED) is 0.495. The topological polar surface area (TPSA) is 83.5 Å². The number of rotatable bonds is 7. The molecule has 5 nitrogen and oxygen atoms in total. The summed E-state index contributed by atoms with van der Waals surface area (Å²) < 4.78 is 65.5. The molecule has 2 N–H and O–H groups in total. The molecule has 0 aliphatic heterocycles. The Morgan fingerprint density at radius 1 is 0.906 bits per heavy atom. The van der Waals surface area contributed by atoms with Gasteiger partial charge < -0.3 is 5.11 Å². The van der Waals surface area contributed by atoms with Gasteiger partial charge in [0.15, 0.2) is 0 Å². The largest absolute Gasteiger partial charge is 0.480 e. The van der Waals surface area contributed by atoms with Gasteiger partial charge in [0.2, 0.25) is 10.0 Å². The fraction of sp³-hybridized carbons (Fsp3) is 0.136. The smallest absolute Gasteiger partial charge is 0.416 e. The molecule has 32 heavy (non-hydrogen) atoms. The van der Waals surface area contributed by atoms with Crippen LogP contribution >= 0.6 is 11.6 Å². The number of sulfonamides is 1. The molecule has 3 aromatic rings. The van der Waals surface area contributed by atoms with Crippen LogP contribution in [0.5, 0.6) is 0 Å². The van der Waals surface area contributed by atoms with Crippen molar-refractivity contribution >= 4 is 27.6 Å². The Hall–Kier alpha value is -2.88. The Balaban J connectivity index is 1.76. The summed E-state index contributed by atoms with van der Waals surface area (Å²) in [7, 11) is -4.19. The zero-order valence-corrected chi connectivity index (χ0v) is 17.9. The van der Waals surface area contributed by atoms with Gasteiger partial charge in [-0.3, -0.25) is 4.79 Å². The van der Waals surface area contributed by atoms with Crippen molar-refractivity contribution in [3.8, 4) is 11.1 Å². The Morgan fingerprint density at radius 2 is 1.41 bits per heavy atom. The van der Waals surface area contributed by atoms with E-state index >= 15 is 0 Å². The molecule has 0 fully saturated rings. The zero-order chi connectivity index (χ0) is 23.5. The maximum atomic E-state index is 12.7. The average Bonchev–Trinajstić information content (AvgIpc) is 2.73. The van der Waals surface area contributed by atoms with Crippen molar-refractivity contribution in [2.75, 3.05) is 0 Å². The maximum Gasteiger partial charge on any atom is 0.416 e. The van der Waals surface area contributed by atoms with E-state index < -0.39 is 33.8 Å². The molecule has 168 valence electrons. The summed E-state index contributed by atoms with van der Waals surface area (Å²) in [5, 5.41) is 9.99. The van der Waals surface area contributed by atoms with Crippen LogP contribution in [0.2, 0.25) is 5.02 Å². The fourth-order valence-electron chi connectivity index (χ4n) is 2.97. The maximum absolute atomic E-state index is 12.7. The van der Waals surface area contributed by atoms with Crippen molar-refractivity contribution < 1.29 is 31.5 Å². The van der Waals surface area contributed by atoms with Gasteiger partial charge in [-0.15, -0.1) is 0 Å². The van der Waals surface area contributed by atoms with E-state index in [4.69, 9.17) is 11.6 Å². The second-order valence-electron chi connectivity index (χ2n) is 6.94. The van der Waals surface area contributed by atoms with Crippen LogP contribution in [-0.2, 0) is 27.4 Å². The third kappa shape index (κ3) is 5.87. The van der Waals surface area contributed by atoms with E-state index in [1.165, 1.54) is 12.1 Å². The first kappa shape index (κ1) is 23.8. The first-order chi connectivity index (χ1) is 15.0. The lowest BCUT2D eigenvalue weighted by Gasteiger charge is -2.16. The number of halogens is 4. The van der Waals surface area contributed by atoms with E-state index in [9.17, 15) is 31.5 Å². The van der Waals surface area contributed by atoms with Crippen LogP contribution in [0.25, 0.3) is 11.1 Å². The molecule has 0 amide bonds. The van der Waals surface area contributed by atoms with Gasteiger partial charge >= 0.3 is 12.1 Å². The van der Waals surface area contributed by atoms with Gasteiger partial charge in [0, 0.05) is 5.02 Å². The number of nitrogens with one attached hydrogen (secondary N) is 1. The minimum atomic E-state index is -4.52. The third-order valence-corrected chi connectivity index (χ3v) is 6.40. The second kappa shape index (κ2) is 9.32. The number of hydrogen-bond acceptors (Lipinski definition) is 3. The number of carboxylic acid groups (broad SMARTS) is 1. The highest BCUT2D eigenvalue weighted by atomic mass is 35.5. The van der Waals surface area contributed by atoms with Crippen LogP contribution in [0, 0.1) is 0 Å². The van der Waals surface area contributed by atoms with Crippen molar-refractivity contribution in [1.29, 1.82) is 0 Å². The molecule has 3 rings (SSSR count). The van der Waals surface area contributed by atoms with Gasteiger partial charge in [0.05, 0.1) is 10.5 Å². The first-order valence-electron chi connectivity index (χ1n) is 9.23. The van der Waals surface area contributed by atoms with Crippen LogP contribution in [0.4, 0.5) is 13.2 Å².